The summed E-state index contributed by atoms with van der Waals surface area (Å²) in [6.45, 7) is 2.81. The molecule has 0 spiro atoms. The molecule has 0 amide bonds. The predicted molar refractivity (Wildman–Crippen MR) is 125 cm³/mol. The lowest BCUT2D eigenvalue weighted by Gasteiger charge is -2.22. The van der Waals surface area contributed by atoms with Crippen LogP contribution in [-0.2, 0) is 0 Å². The van der Waals surface area contributed by atoms with E-state index >= 15 is 0 Å². The molecule has 6 nitrogen and oxygen atoms in total. The quantitative estimate of drug-likeness (QED) is 0.153. The number of aliphatic hydroxyl groups is 2. The first-order chi connectivity index (χ1) is 14.1. The van der Waals surface area contributed by atoms with E-state index in [9.17, 15) is 20.3 Å². The molecule has 0 aromatic heterocycles. The van der Waals surface area contributed by atoms with Gasteiger partial charge in [0.1, 0.15) is 0 Å². The fourth-order valence-electron chi connectivity index (χ4n) is 3.55. The first-order valence-electron chi connectivity index (χ1n) is 11.4. The van der Waals surface area contributed by atoms with Crippen molar-refractivity contribution in [1.29, 1.82) is 0 Å². The Bertz CT molecular complexity index is 543. The number of benzene rings is 1. The minimum Gasteiger partial charge on any atom is -0.395 e. The number of unbranched alkanes of at least 4 members (excludes halogenated alkanes) is 11. The lowest BCUT2D eigenvalue weighted by atomic mass is 10.0. The molecule has 3 N–H and O–H groups in total. The molecule has 1 aromatic carbocycles. The molecular weight excluding hydrogens is 404 g/mol. The largest absolute Gasteiger partial charge is 0.395 e. The van der Waals surface area contributed by atoms with Gasteiger partial charge in [-0.25, -0.2) is 0 Å². The van der Waals surface area contributed by atoms with Crippen LogP contribution in [0.25, 0.3) is 0 Å². The molecule has 0 aliphatic rings. The Labute approximate surface area is 188 Å². The van der Waals surface area contributed by atoms with E-state index in [0.29, 0.717) is 5.56 Å². The Morgan fingerprint density at radius 3 is 1.80 bits per heavy atom. The van der Waals surface area contributed by atoms with E-state index in [1.165, 1.54) is 88.5 Å². The number of nitrogens with zero attached hydrogens (tertiary/aromatic N) is 1. The maximum Gasteiger partial charge on any atom is 0.269 e. The van der Waals surface area contributed by atoms with Crippen molar-refractivity contribution in [3.63, 3.8) is 0 Å². The van der Waals surface area contributed by atoms with Crippen molar-refractivity contribution in [2.24, 2.45) is 0 Å². The summed E-state index contributed by atoms with van der Waals surface area (Å²) < 4.78 is 0. The zero-order valence-electron chi connectivity index (χ0n) is 18.4. The third kappa shape index (κ3) is 12.5. The molecule has 174 valence electrons. The lowest BCUT2D eigenvalue weighted by Crippen LogP contribution is -2.38. The minimum absolute atomic E-state index is 0. The highest BCUT2D eigenvalue weighted by Gasteiger charge is 2.20. The van der Waals surface area contributed by atoms with Crippen LogP contribution >= 0.6 is 12.4 Å². The summed E-state index contributed by atoms with van der Waals surface area (Å²) in [4.78, 5) is 10.2. The zero-order chi connectivity index (χ0) is 21.3. The van der Waals surface area contributed by atoms with Gasteiger partial charge in [-0.05, 0) is 30.7 Å². The van der Waals surface area contributed by atoms with E-state index in [-0.39, 0.29) is 24.7 Å². The first kappa shape index (κ1) is 28.8. The molecule has 0 saturated carbocycles. The van der Waals surface area contributed by atoms with Crippen LogP contribution < -0.4 is 5.32 Å². The Hall–Kier alpha value is -1.21. The summed E-state index contributed by atoms with van der Waals surface area (Å²) in [6.07, 6.45) is 14.6. The average molecular weight is 445 g/mol. The van der Waals surface area contributed by atoms with Gasteiger partial charge in [0.05, 0.1) is 23.7 Å². The van der Waals surface area contributed by atoms with E-state index in [1.807, 2.05) is 0 Å². The highest BCUT2D eigenvalue weighted by atomic mass is 35.5. The van der Waals surface area contributed by atoms with Gasteiger partial charge in [0.2, 0.25) is 0 Å². The van der Waals surface area contributed by atoms with Crippen LogP contribution in [0.4, 0.5) is 5.69 Å². The Morgan fingerprint density at radius 1 is 0.900 bits per heavy atom. The number of hydrogen-bond donors (Lipinski definition) is 3. The van der Waals surface area contributed by atoms with Crippen molar-refractivity contribution >= 4 is 18.1 Å². The van der Waals surface area contributed by atoms with E-state index < -0.39 is 17.1 Å². The van der Waals surface area contributed by atoms with Crippen molar-refractivity contribution < 1.29 is 15.1 Å². The molecule has 0 aliphatic carbocycles. The highest BCUT2D eigenvalue weighted by molar-refractivity contribution is 5.85. The fourth-order valence-corrected chi connectivity index (χ4v) is 3.55. The molecule has 2 atom stereocenters. The minimum atomic E-state index is -0.891. The van der Waals surface area contributed by atoms with E-state index in [4.69, 9.17) is 0 Å². The maximum atomic E-state index is 10.7. The topological polar surface area (TPSA) is 95.6 Å². The monoisotopic (exact) mass is 444 g/mol. The molecule has 0 fully saturated rings. The standard InChI is InChI=1S/C23H40N2O4.ClH/c1-2-3-4-5-6-7-8-9-10-11-12-13-18-24-22(19-26)23(27)20-14-16-21(17-15-20)25(28)29;/h14-17,22-24,26-27H,2-13,18-19H2,1H3;1H/t22-,23-;/m0./s1. The molecular formula is C23H41ClN2O4. The van der Waals surface area contributed by atoms with Crippen LogP contribution in [0.3, 0.4) is 0 Å². The Morgan fingerprint density at radius 2 is 1.37 bits per heavy atom. The zero-order valence-corrected chi connectivity index (χ0v) is 19.2. The summed E-state index contributed by atoms with van der Waals surface area (Å²) >= 11 is 0. The van der Waals surface area contributed by atoms with Crippen LogP contribution in [-0.4, -0.2) is 34.3 Å². The molecule has 30 heavy (non-hydrogen) atoms. The second-order valence-electron chi connectivity index (χ2n) is 7.93. The third-order valence-corrected chi connectivity index (χ3v) is 5.46. The molecule has 7 heteroatoms. The van der Waals surface area contributed by atoms with Crippen molar-refractivity contribution in [3.05, 3.63) is 39.9 Å². The third-order valence-electron chi connectivity index (χ3n) is 5.46. The average Bonchev–Trinajstić information content (AvgIpc) is 2.73. The molecule has 0 saturated heterocycles. The number of nitro benzene ring substituents is 1. The van der Waals surface area contributed by atoms with Gasteiger partial charge in [0.25, 0.3) is 5.69 Å². The van der Waals surface area contributed by atoms with Crippen LogP contribution in [0.15, 0.2) is 24.3 Å². The second kappa shape index (κ2) is 18.6. The molecule has 0 heterocycles. The van der Waals surface area contributed by atoms with Crippen LogP contribution in [0, 0.1) is 10.1 Å². The normalized spacial score (nSPS) is 12.9. The molecule has 0 aliphatic heterocycles. The smallest absolute Gasteiger partial charge is 0.269 e. The Balaban J connectivity index is 0.00000841. The van der Waals surface area contributed by atoms with Gasteiger partial charge in [-0.3, -0.25) is 10.1 Å². The van der Waals surface area contributed by atoms with Gasteiger partial charge in [-0.1, -0.05) is 77.6 Å². The van der Waals surface area contributed by atoms with Gasteiger partial charge in [-0.2, -0.15) is 0 Å². The lowest BCUT2D eigenvalue weighted by molar-refractivity contribution is -0.384. The van der Waals surface area contributed by atoms with Crippen molar-refractivity contribution in [2.45, 2.75) is 96.1 Å². The molecule has 0 bridgehead atoms. The van der Waals surface area contributed by atoms with E-state index in [2.05, 4.69) is 12.2 Å². The molecule has 0 unspecified atom stereocenters. The van der Waals surface area contributed by atoms with Gasteiger partial charge in [0.15, 0.2) is 0 Å². The van der Waals surface area contributed by atoms with Crippen molar-refractivity contribution in [1.82, 2.24) is 5.32 Å². The number of nitro groups is 1. The molecule has 1 aromatic rings. The summed E-state index contributed by atoms with van der Waals surface area (Å²) in [7, 11) is 0. The summed E-state index contributed by atoms with van der Waals surface area (Å²) in [5.41, 5.74) is 0.558. The van der Waals surface area contributed by atoms with Gasteiger partial charge < -0.3 is 15.5 Å². The van der Waals surface area contributed by atoms with Gasteiger partial charge in [-0.15, -0.1) is 12.4 Å². The van der Waals surface area contributed by atoms with Crippen LogP contribution in [0.2, 0.25) is 0 Å². The number of aliphatic hydroxyl groups excluding tert-OH is 2. The SMILES string of the molecule is CCCCCCCCCCCCCCN[C@@H](CO)[C@@H](O)c1ccc([N+](=O)[O-])cc1.Cl. The predicted octanol–water partition coefficient (Wildman–Crippen LogP) is 5.70. The highest BCUT2D eigenvalue weighted by Crippen LogP contribution is 2.20. The van der Waals surface area contributed by atoms with Crippen molar-refractivity contribution in [2.75, 3.05) is 13.2 Å². The first-order valence-corrected chi connectivity index (χ1v) is 11.4. The van der Waals surface area contributed by atoms with E-state index in [1.54, 1.807) is 0 Å². The van der Waals surface area contributed by atoms with Crippen LogP contribution in [0.1, 0.15) is 95.6 Å². The number of nitrogens with one attached hydrogen (secondary N) is 1. The number of hydrogen-bond acceptors (Lipinski definition) is 5. The number of rotatable bonds is 18. The number of non-ortho nitro benzene ring substituents is 1. The fraction of sp³-hybridized carbons (Fsp3) is 0.739. The summed E-state index contributed by atoms with van der Waals surface area (Å²) in [5.74, 6) is 0. The summed E-state index contributed by atoms with van der Waals surface area (Å²) in [5, 5.41) is 33.9. The van der Waals surface area contributed by atoms with Gasteiger partial charge >= 0.3 is 0 Å². The number of halogens is 1. The molecule has 0 radical (unpaired) electrons. The van der Waals surface area contributed by atoms with E-state index in [0.717, 1.165) is 19.4 Å². The van der Waals surface area contributed by atoms with Crippen molar-refractivity contribution in [3.8, 4) is 0 Å². The Kier molecular flexibility index (Phi) is 17.8. The second-order valence-corrected chi connectivity index (χ2v) is 7.93. The van der Waals surface area contributed by atoms with Crippen LogP contribution in [0.5, 0.6) is 0 Å². The maximum absolute atomic E-state index is 10.7. The summed E-state index contributed by atoms with van der Waals surface area (Å²) in [6, 6.07) is 5.36. The molecule has 1 rings (SSSR count). The van der Waals surface area contributed by atoms with Gasteiger partial charge in [0, 0.05) is 12.1 Å².